The van der Waals surface area contributed by atoms with E-state index in [4.69, 9.17) is 0 Å². The summed E-state index contributed by atoms with van der Waals surface area (Å²) in [4.78, 5) is 20.3. The van der Waals surface area contributed by atoms with E-state index in [1.54, 1.807) is 4.90 Å². The van der Waals surface area contributed by atoms with Gasteiger partial charge in [-0.15, -0.1) is 5.10 Å². The lowest BCUT2D eigenvalue weighted by Crippen LogP contribution is -2.33. The summed E-state index contributed by atoms with van der Waals surface area (Å²) < 4.78 is 1.85. The largest absolute Gasteiger partial charge is 0.357 e. The van der Waals surface area contributed by atoms with Crippen LogP contribution >= 0.6 is 0 Å². The van der Waals surface area contributed by atoms with Crippen molar-refractivity contribution < 1.29 is 4.79 Å². The number of aryl methyl sites for hydroxylation is 2. The van der Waals surface area contributed by atoms with E-state index in [1.807, 2.05) is 23.9 Å². The fourth-order valence-electron chi connectivity index (χ4n) is 4.32. The molecule has 0 spiro atoms. The second kappa shape index (κ2) is 9.60. The van der Waals surface area contributed by atoms with Crippen molar-refractivity contribution >= 4 is 16.8 Å². The molecule has 1 amide bonds. The predicted molar refractivity (Wildman–Crippen MR) is 120 cm³/mol. The number of nitrogens with zero attached hydrogens (tertiary/aromatic N) is 6. The van der Waals surface area contributed by atoms with Crippen LogP contribution in [0.4, 0.5) is 0 Å². The summed E-state index contributed by atoms with van der Waals surface area (Å²) in [6.07, 6.45) is 3.68. The van der Waals surface area contributed by atoms with Gasteiger partial charge in [-0.2, -0.15) is 0 Å². The first-order valence-electron chi connectivity index (χ1n) is 11.3. The van der Waals surface area contributed by atoms with Crippen molar-refractivity contribution in [1.82, 2.24) is 35.0 Å². The minimum Gasteiger partial charge on any atom is -0.357 e. The summed E-state index contributed by atoms with van der Waals surface area (Å²) in [5.41, 5.74) is 3.42. The Hall–Kier alpha value is -2.74. The third-order valence-electron chi connectivity index (χ3n) is 6.50. The zero-order valence-electron chi connectivity index (χ0n) is 18.8. The van der Waals surface area contributed by atoms with E-state index in [-0.39, 0.29) is 5.91 Å². The first kappa shape index (κ1) is 21.5. The Morgan fingerprint density at radius 3 is 2.81 bits per heavy atom. The molecule has 0 aliphatic carbocycles. The maximum atomic E-state index is 12.7. The van der Waals surface area contributed by atoms with Crippen molar-refractivity contribution in [3.05, 3.63) is 41.3 Å². The number of aromatic nitrogens is 5. The number of fused-ring (bicyclic) bond motifs is 1. The second-order valence-electron chi connectivity index (χ2n) is 8.90. The zero-order valence-corrected chi connectivity index (χ0v) is 18.8. The number of H-pyrrole nitrogens is 1. The second-order valence-corrected chi connectivity index (χ2v) is 8.90. The summed E-state index contributed by atoms with van der Waals surface area (Å²) in [7, 11) is 1.87. The summed E-state index contributed by atoms with van der Waals surface area (Å²) in [6, 6.07) is 8.25. The highest BCUT2D eigenvalue weighted by atomic mass is 16.2. The van der Waals surface area contributed by atoms with Crippen LogP contribution < -0.4 is 0 Å². The molecule has 0 radical (unpaired) electrons. The highest BCUT2D eigenvalue weighted by Gasteiger charge is 2.19. The Balaban J connectivity index is 1.26. The highest BCUT2D eigenvalue weighted by molar-refractivity contribution is 5.84. The number of carbonyl (C=O) groups is 1. The van der Waals surface area contributed by atoms with Crippen LogP contribution in [0.5, 0.6) is 0 Å². The molecule has 0 unspecified atom stereocenters. The number of rotatable bonds is 8. The van der Waals surface area contributed by atoms with Crippen LogP contribution in [0.25, 0.3) is 10.9 Å². The topological polar surface area (TPSA) is 82.9 Å². The minimum atomic E-state index is 0.137. The third-order valence-corrected chi connectivity index (χ3v) is 6.50. The highest BCUT2D eigenvalue weighted by Crippen LogP contribution is 2.22. The Kier molecular flexibility index (Phi) is 6.65. The number of carbonyl (C=O) groups excluding carboxylic acids is 1. The van der Waals surface area contributed by atoms with Gasteiger partial charge in [0.1, 0.15) is 0 Å². The monoisotopic (exact) mass is 423 g/mol. The van der Waals surface area contributed by atoms with Gasteiger partial charge in [0, 0.05) is 36.6 Å². The van der Waals surface area contributed by atoms with Gasteiger partial charge in [0.15, 0.2) is 5.82 Å². The van der Waals surface area contributed by atoms with E-state index in [9.17, 15) is 4.79 Å². The molecular formula is C23H33N7O. The molecule has 3 aromatic rings. The van der Waals surface area contributed by atoms with Crippen molar-refractivity contribution in [2.45, 2.75) is 59.2 Å². The SMILES string of the molecule is Cc1c(CN(C)C(=O)CCCn2nnnc2CN2CCC(C)CC2)[nH]c2ccccc12. The van der Waals surface area contributed by atoms with Crippen molar-refractivity contribution in [3.8, 4) is 0 Å². The predicted octanol–water partition coefficient (Wildman–Crippen LogP) is 3.13. The maximum Gasteiger partial charge on any atom is 0.222 e. The van der Waals surface area contributed by atoms with Crippen LogP contribution in [0.3, 0.4) is 0 Å². The maximum absolute atomic E-state index is 12.7. The number of benzene rings is 1. The summed E-state index contributed by atoms with van der Waals surface area (Å²) in [5.74, 6) is 1.84. The van der Waals surface area contributed by atoms with Crippen molar-refractivity contribution in [2.24, 2.45) is 5.92 Å². The van der Waals surface area contributed by atoms with E-state index >= 15 is 0 Å². The third kappa shape index (κ3) is 5.12. The average molecular weight is 424 g/mol. The number of likely N-dealkylation sites (tertiary alicyclic amines) is 1. The van der Waals surface area contributed by atoms with Crippen LogP contribution in [0.1, 0.15) is 49.7 Å². The van der Waals surface area contributed by atoms with Gasteiger partial charge in [0.2, 0.25) is 5.91 Å². The first-order chi connectivity index (χ1) is 15.0. The fraction of sp³-hybridized carbons (Fsp3) is 0.565. The normalized spacial score (nSPS) is 15.6. The molecule has 0 atom stereocenters. The molecule has 0 bridgehead atoms. The zero-order chi connectivity index (χ0) is 21.8. The lowest BCUT2D eigenvalue weighted by molar-refractivity contribution is -0.130. The standard InChI is InChI=1S/C23H33N7O/c1-17-10-13-29(14-11-17)16-22-25-26-27-30(22)12-6-9-23(31)28(3)15-21-18(2)19-7-4-5-8-20(19)24-21/h4-5,7-8,17,24H,6,9-16H2,1-3H3. The molecule has 2 aromatic heterocycles. The molecule has 1 saturated heterocycles. The smallest absolute Gasteiger partial charge is 0.222 e. The number of aromatic amines is 1. The van der Waals surface area contributed by atoms with E-state index < -0.39 is 0 Å². The van der Waals surface area contributed by atoms with Gasteiger partial charge in [0.05, 0.1) is 13.1 Å². The summed E-state index contributed by atoms with van der Waals surface area (Å²) in [6.45, 7) is 8.66. The van der Waals surface area contributed by atoms with E-state index in [0.717, 1.165) is 49.0 Å². The molecule has 1 aliphatic rings. The van der Waals surface area contributed by atoms with Crippen LogP contribution in [0.15, 0.2) is 24.3 Å². The molecule has 1 fully saturated rings. The summed E-state index contributed by atoms with van der Waals surface area (Å²) >= 11 is 0. The van der Waals surface area contributed by atoms with Gasteiger partial charge >= 0.3 is 0 Å². The fourth-order valence-corrected chi connectivity index (χ4v) is 4.32. The van der Waals surface area contributed by atoms with Crippen LogP contribution in [0.2, 0.25) is 0 Å². The quantitative estimate of drug-likeness (QED) is 0.602. The van der Waals surface area contributed by atoms with Crippen molar-refractivity contribution in [3.63, 3.8) is 0 Å². The minimum absolute atomic E-state index is 0.137. The number of piperidine rings is 1. The molecule has 4 rings (SSSR count). The Morgan fingerprint density at radius 2 is 2.03 bits per heavy atom. The Bertz CT molecular complexity index is 1020. The Morgan fingerprint density at radius 1 is 1.26 bits per heavy atom. The van der Waals surface area contributed by atoms with Crippen LogP contribution in [-0.4, -0.2) is 61.0 Å². The lowest BCUT2D eigenvalue weighted by atomic mass is 9.99. The molecule has 0 saturated carbocycles. The average Bonchev–Trinajstić information content (AvgIpc) is 3.34. The molecular weight excluding hydrogens is 390 g/mol. The van der Waals surface area contributed by atoms with E-state index in [1.165, 1.54) is 23.8 Å². The molecule has 31 heavy (non-hydrogen) atoms. The first-order valence-corrected chi connectivity index (χ1v) is 11.3. The molecule has 8 nitrogen and oxygen atoms in total. The number of para-hydroxylation sites is 1. The Labute approximate surface area is 183 Å². The number of amides is 1. The lowest BCUT2D eigenvalue weighted by Gasteiger charge is -2.29. The number of nitrogens with one attached hydrogen (secondary N) is 1. The van der Waals surface area contributed by atoms with Gasteiger partial charge in [-0.05, 0) is 67.3 Å². The van der Waals surface area contributed by atoms with Crippen molar-refractivity contribution in [1.29, 1.82) is 0 Å². The van der Waals surface area contributed by atoms with E-state index in [2.05, 4.69) is 51.4 Å². The number of tetrazole rings is 1. The van der Waals surface area contributed by atoms with E-state index in [0.29, 0.717) is 19.5 Å². The number of hydrogen-bond acceptors (Lipinski definition) is 5. The van der Waals surface area contributed by atoms with Gasteiger partial charge in [-0.3, -0.25) is 9.69 Å². The van der Waals surface area contributed by atoms with Crippen LogP contribution in [-0.2, 0) is 24.4 Å². The van der Waals surface area contributed by atoms with Gasteiger partial charge in [-0.25, -0.2) is 4.68 Å². The van der Waals surface area contributed by atoms with Crippen molar-refractivity contribution in [2.75, 3.05) is 20.1 Å². The van der Waals surface area contributed by atoms with Gasteiger partial charge in [-0.1, -0.05) is 25.1 Å². The molecule has 3 heterocycles. The molecule has 1 aromatic carbocycles. The van der Waals surface area contributed by atoms with Gasteiger partial charge in [0.25, 0.3) is 0 Å². The molecule has 1 aliphatic heterocycles. The molecule has 8 heteroatoms. The van der Waals surface area contributed by atoms with Crippen LogP contribution in [0, 0.1) is 12.8 Å². The molecule has 166 valence electrons. The van der Waals surface area contributed by atoms with Gasteiger partial charge < -0.3 is 9.88 Å². The molecule has 1 N–H and O–H groups in total. The summed E-state index contributed by atoms with van der Waals surface area (Å²) in [5, 5.41) is 13.4. The number of hydrogen-bond donors (Lipinski definition) is 1.